The largest absolute Gasteiger partial charge is 0.372 e. The van der Waals surface area contributed by atoms with Gasteiger partial charge in [-0.1, -0.05) is 0 Å². The van der Waals surface area contributed by atoms with Gasteiger partial charge in [-0.3, -0.25) is 9.59 Å². The summed E-state index contributed by atoms with van der Waals surface area (Å²) in [5, 5.41) is 0. The summed E-state index contributed by atoms with van der Waals surface area (Å²) in [5.74, 6) is 1.06. The Morgan fingerprint density at radius 2 is 1.78 bits per heavy atom. The summed E-state index contributed by atoms with van der Waals surface area (Å²) in [4.78, 5) is 31.5. The van der Waals surface area contributed by atoms with Crippen LogP contribution in [-0.4, -0.2) is 85.0 Å². The Bertz CT molecular complexity index is 462. The monoisotopic (exact) mass is 323 g/mol. The van der Waals surface area contributed by atoms with Crippen molar-refractivity contribution < 1.29 is 14.3 Å². The van der Waals surface area contributed by atoms with Gasteiger partial charge < -0.3 is 19.4 Å². The van der Waals surface area contributed by atoms with Crippen molar-refractivity contribution >= 4 is 11.8 Å². The maximum absolute atomic E-state index is 12.9. The molecule has 3 atom stereocenters. The minimum Gasteiger partial charge on any atom is -0.372 e. The Kier molecular flexibility index (Phi) is 4.92. The van der Waals surface area contributed by atoms with Crippen LogP contribution in [0.4, 0.5) is 0 Å². The maximum atomic E-state index is 12.9. The van der Waals surface area contributed by atoms with E-state index in [0.29, 0.717) is 31.5 Å². The highest BCUT2D eigenvalue weighted by molar-refractivity contribution is 5.82. The highest BCUT2D eigenvalue weighted by Gasteiger charge is 2.41. The van der Waals surface area contributed by atoms with Gasteiger partial charge in [0.05, 0.1) is 5.92 Å². The third kappa shape index (κ3) is 3.24. The number of nitrogens with zero attached hydrogens (tertiary/aromatic N) is 3. The summed E-state index contributed by atoms with van der Waals surface area (Å²) in [5.41, 5.74) is 0. The summed E-state index contributed by atoms with van der Waals surface area (Å²) in [7, 11) is 1.56. The average Bonchev–Trinajstić information content (AvgIpc) is 2.60. The van der Waals surface area contributed by atoms with E-state index in [-0.39, 0.29) is 17.9 Å². The van der Waals surface area contributed by atoms with E-state index in [0.717, 1.165) is 32.5 Å². The lowest BCUT2D eigenvalue weighted by Gasteiger charge is -2.47. The molecule has 4 saturated heterocycles. The van der Waals surface area contributed by atoms with Crippen molar-refractivity contribution in [2.75, 3.05) is 46.4 Å². The molecule has 6 nitrogen and oxygen atoms in total. The molecule has 0 spiro atoms. The summed E-state index contributed by atoms with van der Waals surface area (Å²) in [6.45, 7) is 8.94. The van der Waals surface area contributed by atoms with Crippen molar-refractivity contribution in [3.63, 3.8) is 0 Å². The van der Waals surface area contributed by atoms with Gasteiger partial charge in [-0.15, -0.1) is 0 Å². The molecule has 4 aliphatic rings. The Labute approximate surface area is 138 Å². The predicted octanol–water partition coefficient (Wildman–Crippen LogP) is 0.422. The first kappa shape index (κ1) is 16.7. The summed E-state index contributed by atoms with van der Waals surface area (Å²) in [6.07, 6.45) is 1.91. The van der Waals surface area contributed by atoms with Gasteiger partial charge in [-0.2, -0.15) is 0 Å². The molecule has 23 heavy (non-hydrogen) atoms. The molecule has 0 saturated carbocycles. The molecule has 0 aromatic rings. The molecule has 1 unspecified atom stereocenters. The van der Waals surface area contributed by atoms with Crippen molar-refractivity contribution in [1.82, 2.24) is 14.7 Å². The number of hydrogen-bond donors (Lipinski definition) is 0. The van der Waals surface area contributed by atoms with E-state index in [4.69, 9.17) is 4.74 Å². The quantitative estimate of drug-likeness (QED) is 0.755. The van der Waals surface area contributed by atoms with Crippen LogP contribution in [0.2, 0.25) is 0 Å². The number of piperidine rings is 3. The topological polar surface area (TPSA) is 53.1 Å². The Morgan fingerprint density at radius 3 is 2.30 bits per heavy atom. The number of ether oxygens (including phenoxy) is 1. The van der Waals surface area contributed by atoms with Crippen LogP contribution in [0.15, 0.2) is 0 Å². The zero-order valence-corrected chi connectivity index (χ0v) is 14.5. The second kappa shape index (κ2) is 6.77. The Morgan fingerprint density at radius 1 is 1.09 bits per heavy atom. The molecule has 6 heteroatoms. The number of piperazine rings is 1. The lowest BCUT2D eigenvalue weighted by Crippen LogP contribution is -2.60. The number of rotatable bonds is 3. The van der Waals surface area contributed by atoms with E-state index in [2.05, 4.69) is 4.90 Å². The Balaban J connectivity index is 1.59. The molecule has 4 rings (SSSR count). The van der Waals surface area contributed by atoms with Crippen molar-refractivity contribution in [3.05, 3.63) is 0 Å². The van der Waals surface area contributed by atoms with Crippen LogP contribution < -0.4 is 0 Å². The van der Waals surface area contributed by atoms with Gasteiger partial charge in [-0.05, 0) is 45.7 Å². The molecule has 4 aliphatic heterocycles. The van der Waals surface area contributed by atoms with Crippen LogP contribution >= 0.6 is 0 Å². The Hall–Kier alpha value is -1.14. The molecule has 0 N–H and O–H groups in total. The zero-order chi connectivity index (χ0) is 16.6. The maximum Gasteiger partial charge on any atom is 0.251 e. The van der Waals surface area contributed by atoms with E-state index >= 15 is 0 Å². The first-order valence-electron chi connectivity index (χ1n) is 8.85. The molecule has 0 aromatic carbocycles. The fourth-order valence-electron chi connectivity index (χ4n) is 4.30. The molecule has 130 valence electrons. The first-order valence-corrected chi connectivity index (χ1v) is 8.85. The number of methoxy groups -OCH3 is 1. The van der Waals surface area contributed by atoms with Gasteiger partial charge in [0.1, 0.15) is 6.10 Å². The van der Waals surface area contributed by atoms with Crippen LogP contribution in [0.5, 0.6) is 0 Å². The molecular formula is C17H29N3O3. The van der Waals surface area contributed by atoms with Crippen molar-refractivity contribution in [2.45, 2.75) is 38.8 Å². The van der Waals surface area contributed by atoms with E-state index in [1.54, 1.807) is 14.0 Å². The minimum atomic E-state index is -0.415. The van der Waals surface area contributed by atoms with Crippen LogP contribution in [0.3, 0.4) is 0 Å². The smallest absolute Gasteiger partial charge is 0.251 e. The lowest BCUT2D eigenvalue weighted by atomic mass is 9.78. The molecule has 0 aliphatic carbocycles. The lowest BCUT2D eigenvalue weighted by molar-refractivity contribution is -0.153. The second-order valence-corrected chi connectivity index (χ2v) is 7.29. The summed E-state index contributed by atoms with van der Waals surface area (Å²) < 4.78 is 5.14. The number of hydrogen-bond acceptors (Lipinski definition) is 4. The van der Waals surface area contributed by atoms with Gasteiger partial charge in [0, 0.05) is 39.3 Å². The number of amides is 2. The molecule has 0 aromatic heterocycles. The first-order chi connectivity index (χ1) is 11.0. The average molecular weight is 323 g/mol. The van der Waals surface area contributed by atoms with E-state index in [9.17, 15) is 9.59 Å². The SMILES string of the molecule is CO[C@H](C)C(=O)N1CCN(C(=O)C2CN3CCC2CC3)C[C@@H]1C. The third-order valence-electron chi connectivity index (χ3n) is 5.90. The fraction of sp³-hybridized carbons (Fsp3) is 0.882. The molecule has 0 radical (unpaired) electrons. The molecule has 2 amide bonds. The van der Waals surface area contributed by atoms with Crippen LogP contribution in [0.25, 0.3) is 0 Å². The normalized spacial score (nSPS) is 35.3. The predicted molar refractivity (Wildman–Crippen MR) is 86.9 cm³/mol. The highest BCUT2D eigenvalue weighted by atomic mass is 16.5. The van der Waals surface area contributed by atoms with E-state index < -0.39 is 6.10 Å². The third-order valence-corrected chi connectivity index (χ3v) is 5.90. The van der Waals surface area contributed by atoms with Crippen LogP contribution in [-0.2, 0) is 14.3 Å². The number of carbonyl (C=O) groups excluding carboxylic acids is 2. The van der Waals surface area contributed by atoms with Crippen molar-refractivity contribution in [2.24, 2.45) is 11.8 Å². The highest BCUT2D eigenvalue weighted by Crippen LogP contribution is 2.33. The zero-order valence-electron chi connectivity index (χ0n) is 14.5. The molecule has 4 fully saturated rings. The fourth-order valence-corrected chi connectivity index (χ4v) is 4.30. The van der Waals surface area contributed by atoms with E-state index in [1.165, 1.54) is 0 Å². The van der Waals surface area contributed by atoms with Crippen LogP contribution in [0.1, 0.15) is 26.7 Å². The van der Waals surface area contributed by atoms with Crippen molar-refractivity contribution in [3.8, 4) is 0 Å². The van der Waals surface area contributed by atoms with E-state index in [1.807, 2.05) is 16.7 Å². The number of fused-ring (bicyclic) bond motifs is 3. The van der Waals surface area contributed by atoms with Gasteiger partial charge >= 0.3 is 0 Å². The van der Waals surface area contributed by atoms with Gasteiger partial charge in [0.2, 0.25) is 5.91 Å². The minimum absolute atomic E-state index is 0.0231. The van der Waals surface area contributed by atoms with Crippen LogP contribution in [0, 0.1) is 11.8 Å². The van der Waals surface area contributed by atoms with Gasteiger partial charge in [0.25, 0.3) is 5.91 Å². The van der Waals surface area contributed by atoms with Gasteiger partial charge in [0.15, 0.2) is 0 Å². The molecule has 4 heterocycles. The molecular weight excluding hydrogens is 294 g/mol. The second-order valence-electron chi connectivity index (χ2n) is 7.29. The van der Waals surface area contributed by atoms with Gasteiger partial charge in [-0.25, -0.2) is 0 Å². The molecule has 2 bridgehead atoms. The number of carbonyl (C=O) groups is 2. The standard InChI is InChI=1S/C17H29N3O3/c1-12-10-19(8-9-20(12)16(21)13(2)23-3)17(22)15-11-18-6-4-14(15)5-7-18/h12-15H,4-11H2,1-3H3/t12-,13+,15?/m0/s1. The summed E-state index contributed by atoms with van der Waals surface area (Å²) in [6, 6.07) is 0.0545. The van der Waals surface area contributed by atoms with Crippen molar-refractivity contribution in [1.29, 1.82) is 0 Å². The summed E-state index contributed by atoms with van der Waals surface area (Å²) >= 11 is 0.